The van der Waals surface area contributed by atoms with E-state index >= 15 is 0 Å². The molecule has 39 heavy (non-hydrogen) atoms. The Morgan fingerprint density at radius 1 is 1.13 bits per heavy atom. The minimum absolute atomic E-state index is 0.0455. The lowest BCUT2D eigenvalue weighted by Crippen LogP contribution is -2.48. The van der Waals surface area contributed by atoms with Crippen molar-refractivity contribution in [3.05, 3.63) is 111 Å². The summed E-state index contributed by atoms with van der Waals surface area (Å²) in [5, 5.41) is -0.471. The van der Waals surface area contributed by atoms with Crippen molar-refractivity contribution < 1.29 is 8.42 Å². The van der Waals surface area contributed by atoms with Crippen LogP contribution in [-0.4, -0.2) is 38.3 Å². The highest BCUT2D eigenvalue weighted by atomic mass is 35.5. The van der Waals surface area contributed by atoms with Crippen molar-refractivity contribution in [2.75, 3.05) is 6.26 Å². The molecule has 0 radical (unpaired) electrons. The third-order valence-electron chi connectivity index (χ3n) is 7.47. The number of thioether (sulfide) groups is 1. The smallest absolute Gasteiger partial charge is 0.273 e. The van der Waals surface area contributed by atoms with Gasteiger partial charge in [0.2, 0.25) is 10.0 Å². The molecule has 1 N–H and O–H groups in total. The van der Waals surface area contributed by atoms with E-state index in [4.69, 9.17) is 11.6 Å². The van der Waals surface area contributed by atoms with Gasteiger partial charge in [-0.2, -0.15) is 11.8 Å². The first-order valence-corrected chi connectivity index (χ1v) is 15.5. The summed E-state index contributed by atoms with van der Waals surface area (Å²) in [5.41, 5.74) is 4.14. The Bertz CT molecular complexity index is 1900. The highest BCUT2D eigenvalue weighted by Gasteiger charge is 2.49. The van der Waals surface area contributed by atoms with Crippen LogP contribution in [0.3, 0.4) is 0 Å². The molecule has 4 aromatic rings. The van der Waals surface area contributed by atoms with E-state index in [0.29, 0.717) is 22.1 Å². The van der Waals surface area contributed by atoms with Gasteiger partial charge in [0, 0.05) is 48.4 Å². The molecule has 10 heteroatoms. The topological polar surface area (TPSA) is 93.9 Å². The summed E-state index contributed by atoms with van der Waals surface area (Å²) >= 11 is 8.64. The molecule has 202 valence electrons. The number of hydrogen-bond acceptors (Lipinski definition) is 5. The molecule has 2 atom stereocenters. The zero-order valence-electron chi connectivity index (χ0n) is 21.9. The number of fused-ring (bicyclic) bond motifs is 1. The van der Waals surface area contributed by atoms with Crippen molar-refractivity contribution in [3.63, 3.8) is 0 Å². The van der Waals surface area contributed by atoms with Gasteiger partial charge in [-0.1, -0.05) is 36.4 Å². The molecule has 0 saturated heterocycles. The summed E-state index contributed by atoms with van der Waals surface area (Å²) in [6.45, 7) is 3.29. The van der Waals surface area contributed by atoms with Gasteiger partial charge < -0.3 is 9.55 Å². The molecule has 1 aromatic carbocycles. The average Bonchev–Trinajstić information content (AvgIpc) is 3.35. The number of aryl methyl sites for hydroxylation is 1. The first-order chi connectivity index (χ1) is 18.5. The van der Waals surface area contributed by atoms with E-state index in [0.717, 1.165) is 26.4 Å². The third kappa shape index (κ3) is 4.42. The quantitative estimate of drug-likeness (QED) is 0.318. The molecule has 1 aliphatic carbocycles. The Hall–Kier alpha value is -3.27. The van der Waals surface area contributed by atoms with Gasteiger partial charge in [0.1, 0.15) is 10.3 Å². The van der Waals surface area contributed by atoms with E-state index in [2.05, 4.69) is 17.1 Å². The molecule has 0 spiro atoms. The van der Waals surface area contributed by atoms with Gasteiger partial charge in [-0.05, 0) is 60.1 Å². The number of benzene rings is 1. The van der Waals surface area contributed by atoms with Crippen LogP contribution in [0.4, 0.5) is 0 Å². The second-order valence-electron chi connectivity index (χ2n) is 9.87. The summed E-state index contributed by atoms with van der Waals surface area (Å²) in [5.74, 6) is 0.855. The molecule has 0 fully saturated rings. The molecule has 0 aliphatic heterocycles. The fourth-order valence-corrected chi connectivity index (χ4v) is 8.08. The number of nitrogens with one attached hydrogen (secondary N) is 1. The predicted octanol–water partition coefficient (Wildman–Crippen LogP) is 5.15. The number of H-pyrrole nitrogens is 1. The second kappa shape index (κ2) is 10.0. The second-order valence-corrected chi connectivity index (χ2v) is 13.4. The van der Waals surface area contributed by atoms with Crippen LogP contribution in [0.5, 0.6) is 0 Å². The van der Waals surface area contributed by atoms with E-state index in [1.54, 1.807) is 69.2 Å². The number of pyridine rings is 2. The van der Waals surface area contributed by atoms with Crippen molar-refractivity contribution in [1.29, 1.82) is 0 Å². The normalized spacial score (nSPS) is 19.7. The largest absolute Gasteiger partial charge is 0.327 e. The molecule has 0 saturated carbocycles. The highest BCUT2D eigenvalue weighted by molar-refractivity contribution is 7.97. The van der Waals surface area contributed by atoms with Crippen LogP contribution in [0.2, 0.25) is 0 Å². The van der Waals surface area contributed by atoms with E-state index < -0.39 is 25.7 Å². The lowest BCUT2D eigenvalue weighted by Gasteiger charge is -2.37. The van der Waals surface area contributed by atoms with Crippen LogP contribution in [0.1, 0.15) is 25.0 Å². The molecule has 1 aliphatic rings. The maximum absolute atomic E-state index is 14.1. The Labute approximate surface area is 235 Å². The molecular formula is C29H28ClN3O4S2. The summed E-state index contributed by atoms with van der Waals surface area (Å²) in [6, 6.07) is 12.9. The Morgan fingerprint density at radius 2 is 1.90 bits per heavy atom. The molecule has 5 rings (SSSR count). The minimum Gasteiger partial charge on any atom is -0.327 e. The summed E-state index contributed by atoms with van der Waals surface area (Å²) in [7, 11) is -2.47. The van der Waals surface area contributed by atoms with Crippen molar-refractivity contribution in [2.24, 2.45) is 7.05 Å². The van der Waals surface area contributed by atoms with Gasteiger partial charge in [0.05, 0.1) is 5.38 Å². The van der Waals surface area contributed by atoms with Gasteiger partial charge in [0.25, 0.3) is 11.1 Å². The zero-order chi connectivity index (χ0) is 28.1. The van der Waals surface area contributed by atoms with E-state index in [9.17, 15) is 18.0 Å². The van der Waals surface area contributed by atoms with Crippen LogP contribution in [0, 0.1) is 0 Å². The molecule has 0 bridgehead atoms. The van der Waals surface area contributed by atoms with E-state index in [1.807, 2.05) is 18.4 Å². The monoisotopic (exact) mass is 581 g/mol. The predicted molar refractivity (Wildman–Crippen MR) is 161 cm³/mol. The fourth-order valence-electron chi connectivity index (χ4n) is 5.04. The van der Waals surface area contributed by atoms with Gasteiger partial charge in [-0.3, -0.25) is 9.59 Å². The molecule has 7 nitrogen and oxygen atoms in total. The number of rotatable bonds is 6. The minimum atomic E-state index is -4.18. The van der Waals surface area contributed by atoms with Gasteiger partial charge in [-0.25, -0.2) is 12.4 Å². The van der Waals surface area contributed by atoms with Crippen LogP contribution < -0.4 is 11.1 Å². The molecule has 3 heterocycles. The summed E-state index contributed by atoms with van der Waals surface area (Å²) in [4.78, 5) is 27.9. The van der Waals surface area contributed by atoms with Crippen LogP contribution in [0.15, 0.2) is 88.4 Å². The Morgan fingerprint density at radius 3 is 2.62 bits per heavy atom. The first kappa shape index (κ1) is 27.3. The highest BCUT2D eigenvalue weighted by Crippen LogP contribution is 2.43. The molecule has 2 unspecified atom stereocenters. The van der Waals surface area contributed by atoms with Crippen molar-refractivity contribution in [2.45, 2.75) is 29.7 Å². The molecule has 3 aromatic heterocycles. The van der Waals surface area contributed by atoms with Gasteiger partial charge >= 0.3 is 0 Å². The standard InChI is InChI=1S/C29H28ClN3O4S2/c1-18-12-22(23-15-26(34)32(3)16-24(23)21-7-5-6-19(13-21)17-38-4)14-25(30)29(18,2)39(36,37)33-11-9-20-8-10-31-28(35)27(20)33/h5-16,25H,17H2,1-4H3,(H,31,35). The maximum atomic E-state index is 14.1. The van der Waals surface area contributed by atoms with E-state index in [1.165, 1.54) is 17.0 Å². The zero-order valence-corrected chi connectivity index (χ0v) is 24.3. The number of aromatic nitrogens is 3. The first-order valence-electron chi connectivity index (χ1n) is 12.3. The summed E-state index contributed by atoms with van der Waals surface area (Å²) in [6.07, 6.45) is 10.2. The SMILES string of the molecule is CSCc1cccc(-c2cn(C)c(=O)cc2C2=CC(Cl)C(C)(S(=O)(=O)n3ccc4cc[nH]c(=O)c43)C(C)=C2)c1. The van der Waals surface area contributed by atoms with Crippen molar-refractivity contribution >= 4 is 49.9 Å². The van der Waals surface area contributed by atoms with Crippen molar-refractivity contribution in [1.82, 2.24) is 13.5 Å². The Balaban J connectivity index is 1.65. The lowest BCUT2D eigenvalue weighted by atomic mass is 9.85. The number of halogens is 1. The number of allylic oxidation sites excluding steroid dienone is 3. The lowest BCUT2D eigenvalue weighted by molar-refractivity contribution is 0.548. The van der Waals surface area contributed by atoms with E-state index in [-0.39, 0.29) is 11.1 Å². The molecule has 0 amide bonds. The van der Waals surface area contributed by atoms with Crippen LogP contribution in [0.25, 0.3) is 27.6 Å². The Kier molecular flexibility index (Phi) is 7.03. The maximum Gasteiger partial charge on any atom is 0.273 e. The number of hydrogen-bond donors (Lipinski definition) is 1. The van der Waals surface area contributed by atoms with Gasteiger partial charge in [0.15, 0.2) is 0 Å². The number of alkyl halides is 1. The third-order valence-corrected chi connectivity index (χ3v) is 11.2. The molecular weight excluding hydrogens is 554 g/mol. The van der Waals surface area contributed by atoms with Crippen LogP contribution >= 0.6 is 23.4 Å². The fraction of sp³-hybridized carbons (Fsp3) is 0.241. The average molecular weight is 582 g/mol. The van der Waals surface area contributed by atoms with Crippen molar-refractivity contribution in [3.8, 4) is 11.1 Å². The summed E-state index contributed by atoms with van der Waals surface area (Å²) < 4.78 is 29.2. The number of aromatic amines is 1. The van der Waals surface area contributed by atoms with Crippen LogP contribution in [-0.2, 0) is 22.8 Å². The van der Waals surface area contributed by atoms with Gasteiger partial charge in [-0.15, -0.1) is 11.6 Å². The number of nitrogens with zero attached hydrogens (tertiary/aromatic N) is 2.